The highest BCUT2D eigenvalue weighted by Crippen LogP contribution is 2.28. The molecule has 1 unspecified atom stereocenters. The lowest BCUT2D eigenvalue weighted by molar-refractivity contribution is 0.0944. The minimum absolute atomic E-state index is 0.157. The summed E-state index contributed by atoms with van der Waals surface area (Å²) in [5.41, 5.74) is 6.51. The van der Waals surface area contributed by atoms with Gasteiger partial charge in [0.1, 0.15) is 5.75 Å². The third-order valence-electron chi connectivity index (χ3n) is 4.65. The van der Waals surface area contributed by atoms with Gasteiger partial charge in [0.15, 0.2) is 0 Å². The van der Waals surface area contributed by atoms with Crippen LogP contribution in [0, 0.1) is 5.92 Å². The summed E-state index contributed by atoms with van der Waals surface area (Å²) in [5.74, 6) is 0.587. The monoisotopic (exact) mass is 397 g/mol. The number of urea groups is 1. The lowest BCUT2D eigenvalue weighted by Crippen LogP contribution is -2.35. The summed E-state index contributed by atoms with van der Waals surface area (Å²) in [6, 6.07) is 2.93. The smallest absolute Gasteiger partial charge is 0.314 e. The summed E-state index contributed by atoms with van der Waals surface area (Å²) < 4.78 is 5.23. The molecule has 27 heavy (non-hydrogen) atoms. The summed E-state index contributed by atoms with van der Waals surface area (Å²) in [4.78, 5) is 25.9. The number of hydrogen-bond donors (Lipinski definition) is 4. The summed E-state index contributed by atoms with van der Waals surface area (Å²) >= 11 is 6.03. The van der Waals surface area contributed by atoms with Crippen molar-refractivity contribution in [2.75, 3.05) is 52.6 Å². The van der Waals surface area contributed by atoms with E-state index >= 15 is 0 Å². The average molecular weight is 398 g/mol. The third kappa shape index (κ3) is 6.18. The number of halogens is 1. The van der Waals surface area contributed by atoms with Crippen LogP contribution in [0.2, 0.25) is 5.02 Å². The zero-order valence-corrected chi connectivity index (χ0v) is 16.6. The van der Waals surface area contributed by atoms with E-state index in [1.165, 1.54) is 13.2 Å². The maximum absolute atomic E-state index is 12.5. The number of carbonyl (C=O) groups excluding carboxylic acids is 2. The largest absolute Gasteiger partial charge is 0.496 e. The molecule has 2 rings (SSSR count). The first-order valence-corrected chi connectivity index (χ1v) is 9.41. The fourth-order valence-corrected chi connectivity index (χ4v) is 3.29. The Kier molecular flexibility index (Phi) is 7.99. The molecular formula is C18H28ClN5O3. The maximum atomic E-state index is 12.5. The number of likely N-dealkylation sites (tertiary alicyclic amines) is 1. The van der Waals surface area contributed by atoms with Crippen molar-refractivity contribution in [2.45, 2.75) is 12.8 Å². The van der Waals surface area contributed by atoms with Crippen molar-refractivity contribution in [3.05, 3.63) is 22.7 Å². The number of carbonyl (C=O) groups is 2. The van der Waals surface area contributed by atoms with Gasteiger partial charge < -0.3 is 31.3 Å². The lowest BCUT2D eigenvalue weighted by atomic mass is 10.1. The Labute approximate surface area is 164 Å². The molecule has 1 heterocycles. The predicted octanol–water partition coefficient (Wildman–Crippen LogP) is 1.30. The van der Waals surface area contributed by atoms with Crippen LogP contribution in [0.4, 0.5) is 10.5 Å². The molecule has 0 aliphatic carbocycles. The van der Waals surface area contributed by atoms with Crippen molar-refractivity contribution in [3.63, 3.8) is 0 Å². The van der Waals surface area contributed by atoms with E-state index in [1.807, 2.05) is 0 Å². The van der Waals surface area contributed by atoms with Crippen molar-refractivity contribution < 1.29 is 14.3 Å². The molecule has 1 fully saturated rings. The van der Waals surface area contributed by atoms with Crippen molar-refractivity contribution >= 4 is 29.2 Å². The Bertz CT molecular complexity index is 671. The van der Waals surface area contributed by atoms with Crippen LogP contribution in [0.3, 0.4) is 0 Å². The normalized spacial score (nSPS) is 16.8. The molecule has 8 nitrogen and oxygen atoms in total. The fraction of sp³-hybridized carbons (Fsp3) is 0.556. The lowest BCUT2D eigenvalue weighted by Gasteiger charge is -2.17. The second-order valence-electron chi connectivity index (χ2n) is 6.60. The summed E-state index contributed by atoms with van der Waals surface area (Å²) in [6.45, 7) is 4.10. The minimum atomic E-state index is -0.220. The predicted molar refractivity (Wildman–Crippen MR) is 106 cm³/mol. The van der Waals surface area contributed by atoms with Gasteiger partial charge in [-0.1, -0.05) is 11.6 Å². The molecule has 150 valence electrons. The Morgan fingerprint density at radius 2 is 2.15 bits per heavy atom. The number of ether oxygens (including phenoxy) is 1. The topological polar surface area (TPSA) is 109 Å². The van der Waals surface area contributed by atoms with E-state index in [9.17, 15) is 9.59 Å². The molecule has 0 spiro atoms. The molecule has 0 radical (unpaired) electrons. The first kappa shape index (κ1) is 21.1. The van der Waals surface area contributed by atoms with Crippen LogP contribution in [0.15, 0.2) is 12.1 Å². The molecule has 0 aromatic heterocycles. The van der Waals surface area contributed by atoms with Gasteiger partial charge in [0, 0.05) is 32.7 Å². The first-order valence-electron chi connectivity index (χ1n) is 9.03. The van der Waals surface area contributed by atoms with E-state index in [1.54, 1.807) is 13.1 Å². The Morgan fingerprint density at radius 3 is 2.85 bits per heavy atom. The number of nitrogen functional groups attached to an aromatic ring is 1. The second-order valence-corrected chi connectivity index (χ2v) is 7.01. The summed E-state index contributed by atoms with van der Waals surface area (Å²) in [5, 5.41) is 8.60. The zero-order chi connectivity index (χ0) is 19.8. The van der Waals surface area contributed by atoms with Gasteiger partial charge in [0.2, 0.25) is 0 Å². The molecule has 1 saturated heterocycles. The summed E-state index contributed by atoms with van der Waals surface area (Å²) in [7, 11) is 3.09. The number of nitrogens with one attached hydrogen (secondary N) is 3. The van der Waals surface area contributed by atoms with Gasteiger partial charge in [-0.15, -0.1) is 0 Å². The molecule has 1 aliphatic rings. The molecule has 9 heteroatoms. The standard InChI is InChI=1S/C18H28ClN5O3/c1-21-18(26)22-5-3-6-24-7-4-12(11-24)10-23-17(25)13-8-14(19)15(20)9-16(13)27-2/h8-9,12H,3-7,10-11,20H2,1-2H3,(H,23,25)(H2,21,22,26). The molecule has 5 N–H and O–H groups in total. The van der Waals surface area contributed by atoms with Gasteiger partial charge in [-0.05, 0) is 37.9 Å². The molecule has 1 atom stereocenters. The van der Waals surface area contributed by atoms with Crippen molar-refractivity contribution in [2.24, 2.45) is 5.92 Å². The van der Waals surface area contributed by atoms with E-state index in [0.717, 1.165) is 32.5 Å². The van der Waals surface area contributed by atoms with Crippen LogP contribution in [-0.4, -0.2) is 63.7 Å². The van der Waals surface area contributed by atoms with E-state index in [-0.39, 0.29) is 11.9 Å². The van der Waals surface area contributed by atoms with Crippen molar-refractivity contribution in [1.82, 2.24) is 20.9 Å². The minimum Gasteiger partial charge on any atom is -0.496 e. The molecular weight excluding hydrogens is 370 g/mol. The quantitative estimate of drug-likeness (QED) is 0.390. The van der Waals surface area contributed by atoms with Crippen molar-refractivity contribution in [1.29, 1.82) is 0 Å². The number of methoxy groups -OCH3 is 1. The number of nitrogens with two attached hydrogens (primary N) is 1. The highest BCUT2D eigenvalue weighted by molar-refractivity contribution is 6.33. The highest BCUT2D eigenvalue weighted by atomic mass is 35.5. The van der Waals surface area contributed by atoms with E-state index in [4.69, 9.17) is 22.1 Å². The fourth-order valence-electron chi connectivity index (χ4n) is 3.12. The third-order valence-corrected chi connectivity index (χ3v) is 4.98. The van der Waals surface area contributed by atoms with Crippen LogP contribution in [-0.2, 0) is 0 Å². The van der Waals surface area contributed by atoms with Crippen LogP contribution >= 0.6 is 11.6 Å². The SMILES string of the molecule is CNC(=O)NCCCN1CCC(CNC(=O)c2cc(Cl)c(N)cc2OC)C1. The molecule has 0 bridgehead atoms. The molecule has 3 amide bonds. The average Bonchev–Trinajstić information content (AvgIpc) is 3.12. The second kappa shape index (κ2) is 10.2. The van der Waals surface area contributed by atoms with Crippen LogP contribution in [0.5, 0.6) is 5.75 Å². The van der Waals surface area contributed by atoms with E-state index in [2.05, 4.69) is 20.9 Å². The van der Waals surface area contributed by atoms with Crippen LogP contribution < -0.4 is 26.4 Å². The first-order chi connectivity index (χ1) is 12.9. The molecule has 0 saturated carbocycles. The van der Waals surface area contributed by atoms with E-state index in [0.29, 0.717) is 41.0 Å². The Morgan fingerprint density at radius 1 is 1.37 bits per heavy atom. The van der Waals surface area contributed by atoms with Gasteiger partial charge in [0.05, 0.1) is 23.4 Å². The number of nitrogens with zero attached hydrogens (tertiary/aromatic N) is 1. The summed E-state index contributed by atoms with van der Waals surface area (Å²) in [6.07, 6.45) is 1.93. The van der Waals surface area contributed by atoms with E-state index < -0.39 is 0 Å². The number of amides is 3. The van der Waals surface area contributed by atoms with Gasteiger partial charge in [-0.3, -0.25) is 4.79 Å². The maximum Gasteiger partial charge on any atom is 0.314 e. The Hall–Kier alpha value is -2.19. The van der Waals surface area contributed by atoms with Crippen LogP contribution in [0.1, 0.15) is 23.2 Å². The van der Waals surface area contributed by atoms with Crippen LogP contribution in [0.25, 0.3) is 0 Å². The molecule has 1 aromatic carbocycles. The van der Waals surface area contributed by atoms with Crippen molar-refractivity contribution in [3.8, 4) is 5.75 Å². The number of rotatable bonds is 8. The molecule has 1 aliphatic heterocycles. The van der Waals surface area contributed by atoms with Gasteiger partial charge in [-0.25, -0.2) is 4.79 Å². The Balaban J connectivity index is 1.75. The van der Waals surface area contributed by atoms with Gasteiger partial charge in [-0.2, -0.15) is 0 Å². The van der Waals surface area contributed by atoms with Gasteiger partial charge >= 0.3 is 6.03 Å². The number of benzene rings is 1. The highest BCUT2D eigenvalue weighted by Gasteiger charge is 2.23. The molecule has 1 aromatic rings. The number of hydrogen-bond acceptors (Lipinski definition) is 5. The zero-order valence-electron chi connectivity index (χ0n) is 15.8. The van der Waals surface area contributed by atoms with Gasteiger partial charge in [0.25, 0.3) is 5.91 Å². The number of anilines is 1.